The second-order valence-electron chi connectivity index (χ2n) is 1.60. The van der Waals surface area contributed by atoms with Gasteiger partial charge < -0.3 is 0 Å². The molecule has 0 unspecified atom stereocenters. The van der Waals surface area contributed by atoms with Crippen LogP contribution in [-0.2, 0) is 0 Å². The standard InChI is InChI=1S/C5H4F3N/c6-4-1-2-9(8)5(7)3-4/h1,3H,2H2. The van der Waals surface area contributed by atoms with Crippen molar-refractivity contribution in [2.45, 2.75) is 0 Å². The first-order valence-corrected chi connectivity index (χ1v) is 2.36. The smallest absolute Gasteiger partial charge is 0.207 e. The molecule has 1 nitrogen and oxygen atoms in total. The van der Waals surface area contributed by atoms with Gasteiger partial charge in [0.05, 0.1) is 6.54 Å². The lowest BCUT2D eigenvalue weighted by Gasteiger charge is -2.10. The highest BCUT2D eigenvalue weighted by atomic mass is 19.2. The average Bonchev–Trinajstić information content (AvgIpc) is 1.80. The number of nitrogens with zero attached hydrogens (tertiary/aromatic N) is 1. The van der Waals surface area contributed by atoms with Crippen molar-refractivity contribution in [3.05, 3.63) is 23.9 Å². The molecule has 0 atom stereocenters. The van der Waals surface area contributed by atoms with Gasteiger partial charge in [-0.2, -0.15) is 9.51 Å². The number of rotatable bonds is 0. The maximum absolute atomic E-state index is 12.0. The summed E-state index contributed by atoms with van der Waals surface area (Å²) >= 11 is 0. The number of halogens is 3. The normalized spacial score (nSPS) is 19.2. The van der Waals surface area contributed by atoms with Crippen LogP contribution in [0, 0.1) is 0 Å². The van der Waals surface area contributed by atoms with Gasteiger partial charge in [0.1, 0.15) is 5.83 Å². The Kier molecular flexibility index (Phi) is 1.46. The summed E-state index contributed by atoms with van der Waals surface area (Å²) in [4.78, 5) is 0. The maximum Gasteiger partial charge on any atom is 0.220 e. The van der Waals surface area contributed by atoms with E-state index in [4.69, 9.17) is 0 Å². The van der Waals surface area contributed by atoms with Crippen LogP contribution in [0.15, 0.2) is 23.9 Å². The van der Waals surface area contributed by atoms with Crippen molar-refractivity contribution in [2.75, 3.05) is 6.54 Å². The van der Waals surface area contributed by atoms with E-state index in [9.17, 15) is 13.3 Å². The van der Waals surface area contributed by atoms with Gasteiger partial charge in [0, 0.05) is 6.08 Å². The topological polar surface area (TPSA) is 3.24 Å². The molecule has 0 aromatic heterocycles. The van der Waals surface area contributed by atoms with Crippen LogP contribution in [0.2, 0.25) is 0 Å². The number of hydrogen-bond donors (Lipinski definition) is 0. The minimum Gasteiger partial charge on any atom is -0.207 e. The molecule has 0 saturated carbocycles. The summed E-state index contributed by atoms with van der Waals surface area (Å²) in [6.07, 6.45) is 1.44. The fourth-order valence-corrected chi connectivity index (χ4v) is 0.497. The molecule has 0 fully saturated rings. The lowest BCUT2D eigenvalue weighted by atomic mass is 10.4. The van der Waals surface area contributed by atoms with Crippen molar-refractivity contribution in [3.8, 4) is 0 Å². The molecule has 1 aliphatic rings. The molecule has 0 N–H and O–H groups in total. The Balaban J connectivity index is 2.74. The van der Waals surface area contributed by atoms with Gasteiger partial charge in [-0.05, 0) is 6.08 Å². The Morgan fingerprint density at radius 3 is 2.56 bits per heavy atom. The highest BCUT2D eigenvalue weighted by Gasteiger charge is 2.11. The third kappa shape index (κ3) is 1.25. The van der Waals surface area contributed by atoms with Crippen LogP contribution in [0.25, 0.3) is 0 Å². The molecule has 0 saturated heterocycles. The molecule has 0 bridgehead atoms. The van der Waals surface area contributed by atoms with Crippen molar-refractivity contribution in [1.29, 1.82) is 0 Å². The number of allylic oxidation sites excluding steroid dienone is 2. The molecule has 0 amide bonds. The first kappa shape index (κ1) is 6.19. The van der Waals surface area contributed by atoms with E-state index in [2.05, 4.69) is 0 Å². The van der Waals surface area contributed by atoms with Gasteiger partial charge in [0.2, 0.25) is 5.95 Å². The highest BCUT2D eigenvalue weighted by molar-refractivity contribution is 5.17. The van der Waals surface area contributed by atoms with Gasteiger partial charge in [-0.25, -0.2) is 4.39 Å². The first-order chi connectivity index (χ1) is 4.20. The van der Waals surface area contributed by atoms with Crippen LogP contribution < -0.4 is 0 Å². The highest BCUT2D eigenvalue weighted by Crippen LogP contribution is 2.16. The zero-order chi connectivity index (χ0) is 6.85. The van der Waals surface area contributed by atoms with Crippen LogP contribution in [-0.4, -0.2) is 11.7 Å². The minimum atomic E-state index is -1.19. The van der Waals surface area contributed by atoms with E-state index in [1.165, 1.54) is 0 Å². The molecule has 0 aliphatic carbocycles. The lowest BCUT2D eigenvalue weighted by Crippen LogP contribution is -2.12. The molecule has 50 valence electrons. The van der Waals surface area contributed by atoms with Gasteiger partial charge in [-0.1, -0.05) is 4.48 Å². The van der Waals surface area contributed by atoms with E-state index >= 15 is 0 Å². The van der Waals surface area contributed by atoms with Gasteiger partial charge in [0.15, 0.2) is 0 Å². The molecule has 9 heavy (non-hydrogen) atoms. The second kappa shape index (κ2) is 2.13. The second-order valence-corrected chi connectivity index (χ2v) is 1.60. The third-order valence-electron chi connectivity index (χ3n) is 0.935. The fraction of sp³-hybridized carbons (Fsp3) is 0.200. The quantitative estimate of drug-likeness (QED) is 0.362. The van der Waals surface area contributed by atoms with E-state index < -0.39 is 11.8 Å². The van der Waals surface area contributed by atoms with Gasteiger partial charge in [-0.3, -0.25) is 0 Å². The molecule has 0 aromatic rings. The average molecular weight is 135 g/mol. The summed E-state index contributed by atoms with van der Waals surface area (Å²) < 4.78 is 35.8. The van der Waals surface area contributed by atoms with Crippen molar-refractivity contribution < 1.29 is 13.3 Å². The van der Waals surface area contributed by atoms with E-state index in [0.29, 0.717) is 6.08 Å². The molecule has 1 heterocycles. The molecule has 0 radical (unpaired) electrons. The Hall–Kier alpha value is -0.930. The van der Waals surface area contributed by atoms with Crippen LogP contribution in [0.5, 0.6) is 0 Å². The van der Waals surface area contributed by atoms with Crippen molar-refractivity contribution in [3.63, 3.8) is 0 Å². The zero-order valence-electron chi connectivity index (χ0n) is 4.44. The summed E-state index contributed by atoms with van der Waals surface area (Å²) in [6.45, 7) is -0.353. The monoisotopic (exact) mass is 135 g/mol. The molecule has 1 aliphatic heterocycles. The zero-order valence-corrected chi connectivity index (χ0v) is 4.44. The molecular weight excluding hydrogens is 131 g/mol. The summed E-state index contributed by atoms with van der Waals surface area (Å²) in [5, 5.41) is -0.178. The van der Waals surface area contributed by atoms with E-state index in [1.54, 1.807) is 0 Å². The predicted molar refractivity (Wildman–Crippen MR) is 26.2 cm³/mol. The van der Waals surface area contributed by atoms with Crippen LogP contribution in [0.1, 0.15) is 0 Å². The summed E-state index contributed by atoms with van der Waals surface area (Å²) in [5.41, 5.74) is 0. The van der Waals surface area contributed by atoms with Crippen molar-refractivity contribution in [2.24, 2.45) is 0 Å². The van der Waals surface area contributed by atoms with E-state index in [0.717, 1.165) is 6.08 Å². The Morgan fingerprint density at radius 1 is 1.44 bits per heavy atom. The molecule has 1 rings (SSSR count). The summed E-state index contributed by atoms with van der Waals surface area (Å²) in [6, 6.07) is 0. The van der Waals surface area contributed by atoms with Crippen molar-refractivity contribution in [1.82, 2.24) is 5.12 Å². The Labute approximate surface area is 50.0 Å². The molecular formula is C5H4F3N. The van der Waals surface area contributed by atoms with E-state index in [-0.39, 0.29) is 11.7 Å². The summed E-state index contributed by atoms with van der Waals surface area (Å²) in [7, 11) is 0. The Morgan fingerprint density at radius 2 is 2.11 bits per heavy atom. The molecule has 0 spiro atoms. The lowest BCUT2D eigenvalue weighted by molar-refractivity contribution is 0.0483. The predicted octanol–water partition coefficient (Wildman–Crippen LogP) is 1.85. The van der Waals surface area contributed by atoms with Gasteiger partial charge >= 0.3 is 0 Å². The van der Waals surface area contributed by atoms with Crippen LogP contribution in [0.3, 0.4) is 0 Å². The molecule has 0 aromatic carbocycles. The van der Waals surface area contributed by atoms with Crippen molar-refractivity contribution >= 4 is 0 Å². The van der Waals surface area contributed by atoms with Gasteiger partial charge in [-0.15, -0.1) is 0 Å². The summed E-state index contributed by atoms with van der Waals surface area (Å²) in [5.74, 6) is -1.92. The Bertz CT molecular complexity index is 173. The fourth-order valence-electron chi connectivity index (χ4n) is 0.497. The maximum atomic E-state index is 12.0. The number of hydrogen-bond acceptors (Lipinski definition) is 1. The van der Waals surface area contributed by atoms with Gasteiger partial charge in [0.25, 0.3) is 0 Å². The first-order valence-electron chi connectivity index (χ1n) is 2.36. The third-order valence-corrected chi connectivity index (χ3v) is 0.935. The SMILES string of the molecule is FC1=CCN(F)C(F)=C1. The van der Waals surface area contributed by atoms with Crippen LogP contribution >= 0.6 is 0 Å². The largest absolute Gasteiger partial charge is 0.220 e. The molecule has 4 heteroatoms. The minimum absolute atomic E-state index is 0.178. The van der Waals surface area contributed by atoms with E-state index in [1.807, 2.05) is 0 Å². The van der Waals surface area contributed by atoms with Crippen LogP contribution in [0.4, 0.5) is 13.3 Å².